The summed E-state index contributed by atoms with van der Waals surface area (Å²) >= 11 is 0. The number of nitrogens with zero attached hydrogens (tertiary/aromatic N) is 1. The van der Waals surface area contributed by atoms with E-state index in [2.05, 4.69) is 64.9 Å². The second-order valence-electron chi connectivity index (χ2n) is 9.59. The molecule has 0 saturated carbocycles. The molecular weight excluding hydrogens is 478 g/mol. The quantitative estimate of drug-likeness (QED) is 0.302. The average Bonchev–Trinajstić information content (AvgIpc) is 2.94. The van der Waals surface area contributed by atoms with E-state index in [1.165, 1.54) is 16.3 Å². The Morgan fingerprint density at radius 3 is 2.63 bits per heavy atom. The monoisotopic (exact) mass is 509 g/mol. The van der Waals surface area contributed by atoms with Crippen molar-refractivity contribution >= 4 is 34.0 Å². The van der Waals surface area contributed by atoms with E-state index in [-0.39, 0.29) is 12.1 Å². The molecular formula is C31H31N3O4. The van der Waals surface area contributed by atoms with Gasteiger partial charge in [0.15, 0.2) is 0 Å². The van der Waals surface area contributed by atoms with Crippen molar-refractivity contribution in [2.24, 2.45) is 0 Å². The van der Waals surface area contributed by atoms with Gasteiger partial charge in [0.05, 0.1) is 12.2 Å². The van der Waals surface area contributed by atoms with Crippen LogP contribution in [0.5, 0.6) is 5.75 Å². The number of hydrogen-bond acceptors (Lipinski definition) is 5. The van der Waals surface area contributed by atoms with Gasteiger partial charge in [-0.15, -0.1) is 0 Å². The largest absolute Gasteiger partial charge is 0.485 e. The molecule has 1 heterocycles. The maximum atomic E-state index is 12.7. The van der Waals surface area contributed by atoms with Crippen molar-refractivity contribution < 1.29 is 19.4 Å². The molecule has 3 N–H and O–H groups in total. The van der Waals surface area contributed by atoms with Crippen molar-refractivity contribution in [3.05, 3.63) is 102 Å². The van der Waals surface area contributed by atoms with E-state index in [0.29, 0.717) is 18.7 Å². The highest BCUT2D eigenvalue weighted by atomic mass is 16.5. The smallest absolute Gasteiger partial charge is 0.322 e. The molecule has 0 fully saturated rings. The molecule has 0 aromatic heterocycles. The minimum atomic E-state index is -1.08. The molecule has 0 radical (unpaired) electrons. The normalized spacial score (nSPS) is 15.4. The van der Waals surface area contributed by atoms with Crippen LogP contribution in [-0.4, -0.2) is 42.7 Å². The Kier molecular flexibility index (Phi) is 7.29. The van der Waals surface area contributed by atoms with Gasteiger partial charge < -0.3 is 25.4 Å². The summed E-state index contributed by atoms with van der Waals surface area (Å²) in [6, 6.07) is 28.5. The van der Waals surface area contributed by atoms with E-state index < -0.39 is 18.4 Å². The number of ether oxygens (including phenoxy) is 1. The fourth-order valence-corrected chi connectivity index (χ4v) is 4.97. The molecule has 0 bridgehead atoms. The summed E-state index contributed by atoms with van der Waals surface area (Å²) in [5.74, 6) is -0.710. The number of amides is 1. The summed E-state index contributed by atoms with van der Waals surface area (Å²) in [6.07, 6.45) is -0.132. The first-order chi connectivity index (χ1) is 18.4. The number of benzene rings is 4. The lowest BCUT2D eigenvalue weighted by Gasteiger charge is -2.37. The summed E-state index contributed by atoms with van der Waals surface area (Å²) in [5, 5.41) is 17.5. The van der Waals surface area contributed by atoms with E-state index in [0.717, 1.165) is 22.7 Å². The zero-order chi connectivity index (χ0) is 26.6. The van der Waals surface area contributed by atoms with Crippen LogP contribution in [0.4, 0.5) is 11.4 Å². The number of carbonyl (C=O) groups is 2. The summed E-state index contributed by atoms with van der Waals surface area (Å²) in [7, 11) is 0. The Morgan fingerprint density at radius 2 is 1.79 bits per heavy atom. The lowest BCUT2D eigenvalue weighted by Crippen LogP contribution is -2.44. The van der Waals surface area contributed by atoms with Crippen LogP contribution in [0.2, 0.25) is 0 Å². The zero-order valence-electron chi connectivity index (χ0n) is 21.5. The van der Waals surface area contributed by atoms with Crippen molar-refractivity contribution in [2.45, 2.75) is 26.0 Å². The lowest BCUT2D eigenvalue weighted by atomic mass is 9.99. The van der Waals surface area contributed by atoms with Gasteiger partial charge in [-0.3, -0.25) is 9.59 Å². The minimum Gasteiger partial charge on any atom is -0.485 e. The van der Waals surface area contributed by atoms with Crippen LogP contribution in [0.1, 0.15) is 34.5 Å². The molecule has 7 nitrogen and oxygen atoms in total. The van der Waals surface area contributed by atoms with Gasteiger partial charge in [0.2, 0.25) is 0 Å². The van der Waals surface area contributed by atoms with Crippen molar-refractivity contribution in [1.29, 1.82) is 0 Å². The number of aryl methyl sites for hydroxylation is 1. The summed E-state index contributed by atoms with van der Waals surface area (Å²) in [5.41, 5.74) is 4.24. The number of anilines is 2. The molecule has 2 atom stereocenters. The Balaban J connectivity index is 1.37. The lowest BCUT2D eigenvalue weighted by molar-refractivity contribution is -0.135. The van der Waals surface area contributed by atoms with Crippen LogP contribution >= 0.6 is 0 Å². The molecule has 4 aromatic carbocycles. The standard InChI is InChI=1S/C31H31N3O4/c1-20-14-15-23(16-27(20)31(37)33-18-30(35)36)34-19-24(38-29-13-6-5-12-28(29)34)17-32-21(2)25-11-7-9-22-8-3-4-10-26(22)25/h3-16,21,24,32H,17-19H2,1-2H3,(H,33,37)(H,35,36)/t21-,24?/m1/s1. The highest BCUT2D eigenvalue weighted by Gasteiger charge is 2.28. The van der Waals surface area contributed by atoms with Crippen molar-refractivity contribution in [1.82, 2.24) is 10.6 Å². The van der Waals surface area contributed by atoms with Gasteiger partial charge in [0.25, 0.3) is 5.91 Å². The van der Waals surface area contributed by atoms with Gasteiger partial charge in [0.1, 0.15) is 18.4 Å². The Morgan fingerprint density at radius 1 is 1.03 bits per heavy atom. The number of nitrogens with one attached hydrogen (secondary N) is 2. The number of carbonyl (C=O) groups excluding carboxylic acids is 1. The Labute approximate surface area is 222 Å². The van der Waals surface area contributed by atoms with Crippen LogP contribution in [0.3, 0.4) is 0 Å². The highest BCUT2D eigenvalue weighted by molar-refractivity contribution is 5.98. The predicted molar refractivity (Wildman–Crippen MR) is 149 cm³/mol. The molecule has 1 aliphatic rings. The first-order valence-corrected chi connectivity index (χ1v) is 12.8. The second kappa shape index (κ2) is 10.9. The predicted octanol–water partition coefficient (Wildman–Crippen LogP) is 5.21. The Hall–Kier alpha value is -4.36. The maximum absolute atomic E-state index is 12.7. The van der Waals surface area contributed by atoms with Gasteiger partial charge in [0, 0.05) is 23.8 Å². The fraction of sp³-hybridized carbons (Fsp3) is 0.226. The van der Waals surface area contributed by atoms with Gasteiger partial charge >= 0.3 is 5.97 Å². The van der Waals surface area contributed by atoms with Crippen molar-refractivity contribution in [3.8, 4) is 5.75 Å². The first-order valence-electron chi connectivity index (χ1n) is 12.8. The van der Waals surface area contributed by atoms with Crippen LogP contribution in [0.25, 0.3) is 10.8 Å². The van der Waals surface area contributed by atoms with Crippen LogP contribution < -0.4 is 20.3 Å². The number of aliphatic carboxylic acids is 1. The molecule has 1 amide bonds. The number of carboxylic acid groups (broad SMARTS) is 1. The summed E-state index contributed by atoms with van der Waals surface area (Å²) in [6.45, 7) is 4.80. The van der Waals surface area contributed by atoms with Gasteiger partial charge in [-0.2, -0.15) is 0 Å². The fourth-order valence-electron chi connectivity index (χ4n) is 4.97. The van der Waals surface area contributed by atoms with Gasteiger partial charge in [-0.1, -0.05) is 60.7 Å². The molecule has 1 unspecified atom stereocenters. The van der Waals surface area contributed by atoms with Gasteiger partial charge in [-0.05, 0) is 60.0 Å². The van der Waals surface area contributed by atoms with Crippen molar-refractivity contribution in [2.75, 3.05) is 24.5 Å². The maximum Gasteiger partial charge on any atom is 0.322 e. The number of para-hydroxylation sites is 2. The summed E-state index contributed by atoms with van der Waals surface area (Å²) in [4.78, 5) is 25.8. The topological polar surface area (TPSA) is 90.9 Å². The van der Waals surface area contributed by atoms with E-state index in [1.807, 2.05) is 49.4 Å². The molecule has 0 saturated heterocycles. The number of rotatable bonds is 8. The van der Waals surface area contributed by atoms with Crippen LogP contribution in [-0.2, 0) is 4.79 Å². The van der Waals surface area contributed by atoms with Crippen LogP contribution in [0.15, 0.2) is 84.9 Å². The van der Waals surface area contributed by atoms with E-state index in [4.69, 9.17) is 9.84 Å². The van der Waals surface area contributed by atoms with Crippen LogP contribution in [0, 0.1) is 6.92 Å². The third-order valence-electron chi connectivity index (χ3n) is 6.96. The van der Waals surface area contributed by atoms with Gasteiger partial charge in [-0.25, -0.2) is 0 Å². The van der Waals surface area contributed by atoms with E-state index >= 15 is 0 Å². The average molecular weight is 510 g/mol. The zero-order valence-corrected chi connectivity index (χ0v) is 21.5. The number of carboxylic acids is 1. The number of fused-ring (bicyclic) bond motifs is 2. The Bertz CT molecular complexity index is 1480. The molecule has 38 heavy (non-hydrogen) atoms. The SMILES string of the molecule is Cc1ccc(N2CC(CN[C@H](C)c3cccc4ccccc34)Oc3ccccc32)cc1C(=O)NCC(=O)O. The highest BCUT2D eigenvalue weighted by Crippen LogP contribution is 2.38. The minimum absolute atomic E-state index is 0.124. The summed E-state index contributed by atoms with van der Waals surface area (Å²) < 4.78 is 6.38. The first kappa shape index (κ1) is 25.3. The molecule has 0 spiro atoms. The molecule has 0 aliphatic carbocycles. The number of hydrogen-bond donors (Lipinski definition) is 3. The van der Waals surface area contributed by atoms with E-state index in [1.54, 1.807) is 0 Å². The van der Waals surface area contributed by atoms with Crippen molar-refractivity contribution in [3.63, 3.8) is 0 Å². The third-order valence-corrected chi connectivity index (χ3v) is 6.96. The molecule has 7 heteroatoms. The third kappa shape index (κ3) is 5.33. The molecule has 4 aromatic rings. The second-order valence-corrected chi connectivity index (χ2v) is 9.59. The molecule has 194 valence electrons. The van der Waals surface area contributed by atoms with E-state index in [9.17, 15) is 9.59 Å². The molecule has 1 aliphatic heterocycles. The molecule has 5 rings (SSSR count).